The first-order valence-electron chi connectivity index (χ1n) is 46.4. The lowest BCUT2D eigenvalue weighted by molar-refractivity contribution is -0.133. The van der Waals surface area contributed by atoms with Crippen LogP contribution in [0.25, 0.3) is 0 Å². The SMILES string of the molecule is CC(C)C(=O)N1CCCC1.CC(C)N1CCCN(C)CC1.CC(C)N1CCCNCC1.CC(C)N1CCCOCC1.CC(C)c1ccccc1CN.CC(C)c1ccccc1CN(C)C.CC(C)c1ccccc1S(C)(=O)=O.CC(C)c1ccccc1S(N)(=O)=O.CC(C)n1ccnc1CN.CC(C)n1ccnc1CN(C)C.COCC1CCCN1C(C)C. The molecule has 5 saturated heterocycles. The molecule has 0 bridgehead atoms. The molecule has 5 fully saturated rings. The number of hydrogen-bond acceptors (Lipinski definition) is 19. The quantitative estimate of drug-likeness (QED) is 0.0522. The third kappa shape index (κ3) is 48.0. The summed E-state index contributed by atoms with van der Waals surface area (Å²) in [4.78, 5) is 39.1. The molecule has 5 aliphatic heterocycles. The first kappa shape index (κ1) is 116. The first-order valence-corrected chi connectivity index (χ1v) is 49.8. The second-order valence-electron chi connectivity index (χ2n) is 36.9. The molecule has 7 N–H and O–H groups in total. The average molecular weight is 1770 g/mol. The van der Waals surface area contributed by atoms with Crippen LogP contribution in [0.2, 0.25) is 0 Å². The van der Waals surface area contributed by atoms with Gasteiger partial charge >= 0.3 is 0 Å². The van der Waals surface area contributed by atoms with Gasteiger partial charge in [0.1, 0.15) is 11.6 Å². The van der Waals surface area contributed by atoms with Crippen LogP contribution in [-0.4, -0.2) is 265 Å². The maximum Gasteiger partial charge on any atom is 0.238 e. The highest BCUT2D eigenvalue weighted by atomic mass is 32.2. The second kappa shape index (κ2) is 64.0. The molecule has 2 aromatic heterocycles. The lowest BCUT2D eigenvalue weighted by Crippen LogP contribution is -2.37. The van der Waals surface area contributed by atoms with Crippen molar-refractivity contribution in [3.63, 3.8) is 0 Å². The van der Waals surface area contributed by atoms with Crippen LogP contribution in [0.4, 0.5) is 0 Å². The van der Waals surface area contributed by atoms with Crippen molar-refractivity contribution >= 4 is 25.8 Å². The average Bonchev–Trinajstić information content (AvgIpc) is 1.08. The summed E-state index contributed by atoms with van der Waals surface area (Å²) in [7, 11) is 5.67. The van der Waals surface area contributed by atoms with Crippen molar-refractivity contribution in [3.8, 4) is 0 Å². The summed E-state index contributed by atoms with van der Waals surface area (Å²) in [5.74, 6) is 4.19. The Morgan fingerprint density at radius 1 is 0.476 bits per heavy atom. The van der Waals surface area contributed by atoms with Gasteiger partial charge < -0.3 is 55.0 Å². The third-order valence-corrected chi connectivity index (χ3v) is 24.2. The summed E-state index contributed by atoms with van der Waals surface area (Å²) in [5, 5.41) is 8.46. The van der Waals surface area contributed by atoms with Gasteiger partial charge in [0, 0.05) is 158 Å². The summed E-state index contributed by atoms with van der Waals surface area (Å²) in [6, 6.07) is 35.4. The molecule has 25 heteroatoms. The van der Waals surface area contributed by atoms with Crippen LogP contribution in [0.5, 0.6) is 0 Å². The van der Waals surface area contributed by atoms with Gasteiger partial charge in [-0.1, -0.05) is 154 Å². The summed E-state index contributed by atoms with van der Waals surface area (Å²) in [6.07, 6.45) is 17.7. The fraction of sp³-hybridized carbons (Fsp3) is 0.687. The van der Waals surface area contributed by atoms with Gasteiger partial charge in [0.15, 0.2) is 9.84 Å². The largest absolute Gasteiger partial charge is 0.383 e. The summed E-state index contributed by atoms with van der Waals surface area (Å²) < 4.78 is 59.7. The Morgan fingerprint density at radius 3 is 1.36 bits per heavy atom. The number of carbonyl (C=O) groups is 1. The van der Waals surface area contributed by atoms with E-state index < -0.39 is 19.9 Å². The minimum atomic E-state index is -3.58. The van der Waals surface area contributed by atoms with Crippen molar-refractivity contribution in [3.05, 3.63) is 167 Å². The van der Waals surface area contributed by atoms with Crippen molar-refractivity contribution in [2.24, 2.45) is 22.5 Å². The Morgan fingerprint density at radius 2 is 0.927 bits per heavy atom. The van der Waals surface area contributed by atoms with Gasteiger partial charge in [0.05, 0.1) is 36.1 Å². The zero-order chi connectivity index (χ0) is 93.8. The first-order chi connectivity index (χ1) is 58.4. The molecule has 1 unspecified atom stereocenters. The minimum Gasteiger partial charge on any atom is -0.383 e. The van der Waals surface area contributed by atoms with E-state index in [0.717, 1.165) is 93.9 Å². The zero-order valence-electron chi connectivity index (χ0n) is 83.3. The maximum atomic E-state index is 11.4. The van der Waals surface area contributed by atoms with Crippen molar-refractivity contribution < 1.29 is 31.1 Å². The zero-order valence-corrected chi connectivity index (χ0v) is 85.0. The standard InChI is InChI=1S/C12H19N.C10H15N.C10H14O2S.C9H17N3.C9H20N2.C9H13NO2S.C9H19NO.C8H18N2.C8H17NO.C8H15NO.C7H13N3/c1-10(2)12-8-6-5-7-11(12)9-13(3)4;1-8(2)10-6-4-3-5-9(10)7-11;1-8(2)9-6-4-5-7-10(9)13(3,11)12;1-8(2)12-6-5-10-9(12)7-11(3)4;1-9(2)11-6-4-5-10(3)7-8-11;1-7(2)8-5-3-4-6-9(8)13(10,11)12;1-8(2)10-6-4-5-9(10)7-11-3;1-8(2)10-6-3-4-9-5-7-10;1-8(2)9-4-3-6-10-7-5-9;1-7(2)8(10)9-5-3-4-6-9;1-6(2)10-4-3-9-7(10)5-8/h5-8,10H,9H2,1-4H3;3-6,8H,7,11H2,1-2H3;4-8H,1-3H3;5-6,8H,7H2,1-4H3;9H,4-8H2,1-3H3;3-7H,1-2H3,(H2,10,11,12);8-9H,4-7H2,1-3H3;8-9H,3-7H2,1-2H3;8H,3-7H2,1-2H3;7H,3-6H2,1-2H3;3-4,6H,5,8H2,1-2H3. The highest BCUT2D eigenvalue weighted by Gasteiger charge is 2.27. The number of imidazole rings is 2. The molecule has 6 aromatic rings. The Kier molecular flexibility index (Phi) is 59.9. The Balaban J connectivity index is 0.000000683. The van der Waals surface area contributed by atoms with Crippen LogP contribution < -0.4 is 21.9 Å². The van der Waals surface area contributed by atoms with E-state index in [1.165, 1.54) is 138 Å². The molecule has 23 nitrogen and oxygen atoms in total. The monoisotopic (exact) mass is 1770 g/mol. The highest BCUT2D eigenvalue weighted by molar-refractivity contribution is 7.90. The number of ether oxygens (including phenoxy) is 2. The van der Waals surface area contributed by atoms with Gasteiger partial charge in [0.25, 0.3) is 0 Å². The number of nitrogens with one attached hydrogen (secondary N) is 1. The van der Waals surface area contributed by atoms with Crippen LogP contribution >= 0.6 is 0 Å². The van der Waals surface area contributed by atoms with Crippen molar-refractivity contribution in [1.29, 1.82) is 0 Å². The fourth-order valence-electron chi connectivity index (χ4n) is 15.0. The van der Waals surface area contributed by atoms with E-state index in [4.69, 9.17) is 26.1 Å². The molecule has 0 aliphatic carbocycles. The van der Waals surface area contributed by atoms with Gasteiger partial charge in [0.2, 0.25) is 15.9 Å². The number of benzene rings is 4. The predicted octanol–water partition coefficient (Wildman–Crippen LogP) is 16.9. The third-order valence-electron chi connectivity index (χ3n) is 22.0. The predicted molar refractivity (Wildman–Crippen MR) is 525 cm³/mol. The van der Waals surface area contributed by atoms with Crippen molar-refractivity contribution in [1.82, 2.24) is 63.6 Å². The number of carbonyl (C=O) groups excluding carboxylic acids is 1. The molecule has 5 aliphatic rings. The minimum absolute atomic E-state index is 0.162. The van der Waals surface area contributed by atoms with E-state index in [2.05, 4.69) is 247 Å². The summed E-state index contributed by atoms with van der Waals surface area (Å²) >= 11 is 0. The van der Waals surface area contributed by atoms with Gasteiger partial charge in [-0.3, -0.25) is 24.4 Å². The number of likely N-dealkylation sites (N-methyl/N-ethyl adjacent to an activating group) is 1. The molecule has 710 valence electrons. The van der Waals surface area contributed by atoms with Gasteiger partial charge in [-0.2, -0.15) is 0 Å². The van der Waals surface area contributed by atoms with Crippen LogP contribution in [0.3, 0.4) is 0 Å². The van der Waals surface area contributed by atoms with Crippen LogP contribution in [0, 0.1) is 5.92 Å². The Bertz CT molecular complexity index is 3830. The molecule has 4 aromatic carbocycles. The number of sulfonamides is 1. The number of aromatic nitrogens is 4. The summed E-state index contributed by atoms with van der Waals surface area (Å²) in [5.41, 5.74) is 18.3. The van der Waals surface area contributed by atoms with E-state index in [1.807, 2.05) is 89.3 Å². The fourth-order valence-corrected chi connectivity index (χ4v) is 17.0. The molecule has 1 amide bonds. The van der Waals surface area contributed by atoms with Gasteiger partial charge in [-0.05, 0) is 265 Å². The van der Waals surface area contributed by atoms with Crippen LogP contribution in [-0.2, 0) is 60.3 Å². The van der Waals surface area contributed by atoms with Gasteiger partial charge in [-0.25, -0.2) is 31.9 Å². The molecule has 1 atom stereocenters. The molecule has 11 rings (SSSR count). The number of methoxy groups -OCH3 is 1. The lowest BCUT2D eigenvalue weighted by Gasteiger charge is -2.27. The number of hydrogen-bond donors (Lipinski definition) is 4. The smallest absolute Gasteiger partial charge is 0.238 e. The molecule has 7 heterocycles. The molecule has 124 heavy (non-hydrogen) atoms. The second-order valence-corrected chi connectivity index (χ2v) is 40.4. The van der Waals surface area contributed by atoms with E-state index >= 15 is 0 Å². The molecule has 0 spiro atoms. The van der Waals surface area contributed by atoms with Crippen molar-refractivity contribution in [2.45, 2.75) is 299 Å². The van der Waals surface area contributed by atoms with E-state index in [0.29, 0.717) is 65.9 Å². The van der Waals surface area contributed by atoms with Crippen LogP contribution in [0.15, 0.2) is 132 Å². The highest BCUT2D eigenvalue weighted by Crippen LogP contribution is 2.26. The summed E-state index contributed by atoms with van der Waals surface area (Å²) in [6.45, 7) is 68.6. The number of amides is 1. The van der Waals surface area contributed by atoms with E-state index in [-0.39, 0.29) is 22.6 Å². The van der Waals surface area contributed by atoms with Crippen LogP contribution in [0.1, 0.15) is 278 Å². The Hall–Kier alpha value is -5.85. The number of likely N-dealkylation sites (tertiary alicyclic amines) is 2. The lowest BCUT2D eigenvalue weighted by atomic mass is 9.97. The van der Waals surface area contributed by atoms with Gasteiger partial charge in [-0.15, -0.1) is 0 Å². The number of rotatable bonds is 21. The number of sulfone groups is 1. The van der Waals surface area contributed by atoms with Crippen molar-refractivity contribution in [2.75, 3.05) is 154 Å². The number of nitrogens with zero attached hydrogens (tertiary/aromatic N) is 12. The van der Waals surface area contributed by atoms with E-state index in [1.54, 1.807) is 37.6 Å². The number of primary sulfonamides is 1. The molecular formula is C99H180N16O7S2. The normalized spacial score (nSPS) is 16.3. The molecule has 0 saturated carbocycles. The topological polar surface area (TPSA) is 255 Å². The van der Waals surface area contributed by atoms with E-state index in [9.17, 15) is 21.6 Å². The number of nitrogens with two attached hydrogens (primary N) is 3. The maximum absolute atomic E-state index is 11.4. The Labute approximate surface area is 758 Å². The molecular weight excluding hydrogens is 1590 g/mol. The molecule has 0 radical (unpaired) electrons.